The van der Waals surface area contributed by atoms with E-state index >= 15 is 0 Å². The van der Waals surface area contributed by atoms with Crippen LogP contribution in [0.4, 0.5) is 4.79 Å². The second kappa shape index (κ2) is 10.6. The molecule has 0 aromatic heterocycles. The molecule has 2 N–H and O–H groups in total. The Morgan fingerprint density at radius 1 is 1.12 bits per heavy atom. The first kappa shape index (κ1) is 15.1. The van der Waals surface area contributed by atoms with Gasteiger partial charge in [-0.3, -0.25) is 0 Å². The first-order valence-corrected chi connectivity index (χ1v) is 4.88. The Labute approximate surface area is 95.4 Å². The molecule has 2 amide bonds. The van der Waals surface area contributed by atoms with E-state index in [-0.39, 0.29) is 19.3 Å². The maximum atomic E-state index is 11.2. The molecule has 0 spiro atoms. The van der Waals surface area contributed by atoms with Crippen LogP contribution < -0.4 is 10.6 Å². The number of rotatable bonds is 9. The number of hydrogen-bond acceptors (Lipinski definition) is 5. The zero-order valence-corrected chi connectivity index (χ0v) is 9.95. The highest BCUT2D eigenvalue weighted by Crippen LogP contribution is 1.86. The topological polar surface area (TPSA) is 78.1 Å². The predicted molar refractivity (Wildman–Crippen MR) is 57.0 cm³/mol. The third kappa shape index (κ3) is 8.42. The molecule has 0 unspecified atom stereocenters. The van der Waals surface area contributed by atoms with Crippen LogP contribution in [0.15, 0.2) is 0 Å². The molecule has 7 nitrogen and oxygen atoms in total. The molecule has 0 aromatic rings. The summed E-state index contributed by atoms with van der Waals surface area (Å²) in [4.78, 5) is 11.2. The lowest BCUT2D eigenvalue weighted by Crippen LogP contribution is -2.41. The summed E-state index contributed by atoms with van der Waals surface area (Å²) in [5.74, 6) is 0. The lowest BCUT2D eigenvalue weighted by Gasteiger charge is -2.14. The van der Waals surface area contributed by atoms with E-state index in [9.17, 15) is 4.79 Å². The van der Waals surface area contributed by atoms with Gasteiger partial charge in [-0.05, 0) is 0 Å². The number of methoxy groups -OCH3 is 3. The van der Waals surface area contributed by atoms with Crippen LogP contribution >= 0.6 is 0 Å². The first-order chi connectivity index (χ1) is 7.74. The van der Waals surface area contributed by atoms with Gasteiger partial charge < -0.3 is 29.6 Å². The van der Waals surface area contributed by atoms with Crippen molar-refractivity contribution in [2.75, 3.05) is 47.8 Å². The van der Waals surface area contributed by atoms with Crippen LogP contribution in [0, 0.1) is 0 Å². The van der Waals surface area contributed by atoms with Crippen LogP contribution in [0.1, 0.15) is 0 Å². The zero-order chi connectivity index (χ0) is 12.2. The molecule has 0 heterocycles. The monoisotopic (exact) mass is 236 g/mol. The molecule has 0 radical (unpaired) electrons. The molecular formula is C9H20N2O5. The van der Waals surface area contributed by atoms with Crippen LogP contribution in [-0.2, 0) is 18.9 Å². The van der Waals surface area contributed by atoms with Crippen molar-refractivity contribution in [3.8, 4) is 0 Å². The Bertz CT molecular complexity index is 175. The molecule has 7 heteroatoms. The van der Waals surface area contributed by atoms with Gasteiger partial charge in [-0.2, -0.15) is 0 Å². The van der Waals surface area contributed by atoms with E-state index in [0.29, 0.717) is 13.2 Å². The molecule has 0 aromatic carbocycles. The SMILES string of the molecule is COCCOCNC(=O)NCC(OC)OC. The van der Waals surface area contributed by atoms with Crippen molar-refractivity contribution in [1.82, 2.24) is 10.6 Å². The summed E-state index contributed by atoms with van der Waals surface area (Å²) in [5.41, 5.74) is 0. The fourth-order valence-corrected chi connectivity index (χ4v) is 0.832. The minimum atomic E-state index is -0.444. The molecule has 0 atom stereocenters. The molecule has 0 aliphatic heterocycles. The average Bonchev–Trinajstić information content (AvgIpc) is 2.30. The second-order valence-electron chi connectivity index (χ2n) is 2.83. The van der Waals surface area contributed by atoms with Crippen molar-refractivity contribution >= 4 is 6.03 Å². The van der Waals surface area contributed by atoms with E-state index < -0.39 is 6.29 Å². The van der Waals surface area contributed by atoms with Crippen molar-refractivity contribution in [1.29, 1.82) is 0 Å². The highest BCUT2D eigenvalue weighted by molar-refractivity contribution is 5.73. The summed E-state index contributed by atoms with van der Waals surface area (Å²) < 4.78 is 19.6. The molecule has 0 saturated heterocycles. The summed E-state index contributed by atoms with van der Waals surface area (Å²) in [6.07, 6.45) is -0.444. The van der Waals surface area contributed by atoms with E-state index in [4.69, 9.17) is 18.9 Å². The van der Waals surface area contributed by atoms with Crippen molar-refractivity contribution in [3.63, 3.8) is 0 Å². The lowest BCUT2D eigenvalue weighted by atomic mass is 10.6. The second-order valence-corrected chi connectivity index (χ2v) is 2.83. The van der Waals surface area contributed by atoms with Gasteiger partial charge in [-0.15, -0.1) is 0 Å². The van der Waals surface area contributed by atoms with Gasteiger partial charge in [0.1, 0.15) is 6.73 Å². The van der Waals surface area contributed by atoms with Crippen molar-refractivity contribution in [3.05, 3.63) is 0 Å². The van der Waals surface area contributed by atoms with Crippen LogP contribution in [0.25, 0.3) is 0 Å². The summed E-state index contributed by atoms with van der Waals surface area (Å²) in [6.45, 7) is 1.35. The molecule has 0 bridgehead atoms. The number of ether oxygens (including phenoxy) is 4. The summed E-state index contributed by atoms with van der Waals surface area (Å²) in [7, 11) is 4.59. The zero-order valence-electron chi connectivity index (χ0n) is 9.95. The van der Waals surface area contributed by atoms with Gasteiger partial charge in [-0.1, -0.05) is 0 Å². The molecule has 16 heavy (non-hydrogen) atoms. The molecule has 0 saturated carbocycles. The van der Waals surface area contributed by atoms with Gasteiger partial charge in [0, 0.05) is 21.3 Å². The maximum Gasteiger partial charge on any atom is 0.316 e. The maximum absolute atomic E-state index is 11.2. The highest BCUT2D eigenvalue weighted by Gasteiger charge is 2.06. The standard InChI is InChI=1S/C9H20N2O5/c1-13-4-5-16-7-11-9(12)10-6-8(14-2)15-3/h8H,4-7H2,1-3H3,(H2,10,11,12). The summed E-state index contributed by atoms with van der Waals surface area (Å²) in [6, 6.07) is -0.337. The Morgan fingerprint density at radius 3 is 2.38 bits per heavy atom. The molecule has 0 aliphatic rings. The summed E-state index contributed by atoms with van der Waals surface area (Å²) >= 11 is 0. The molecular weight excluding hydrogens is 216 g/mol. The van der Waals surface area contributed by atoms with E-state index in [1.165, 1.54) is 14.2 Å². The van der Waals surface area contributed by atoms with Crippen LogP contribution in [0.3, 0.4) is 0 Å². The third-order valence-electron chi connectivity index (χ3n) is 1.72. The van der Waals surface area contributed by atoms with Gasteiger partial charge in [0.25, 0.3) is 0 Å². The Morgan fingerprint density at radius 2 is 1.81 bits per heavy atom. The van der Waals surface area contributed by atoms with E-state index in [1.807, 2.05) is 0 Å². The van der Waals surface area contributed by atoms with Crippen LogP contribution in [-0.4, -0.2) is 60.1 Å². The number of nitrogens with one attached hydrogen (secondary N) is 2. The van der Waals surface area contributed by atoms with Crippen LogP contribution in [0.2, 0.25) is 0 Å². The Kier molecular flexibility index (Phi) is 10.0. The average molecular weight is 236 g/mol. The molecule has 96 valence electrons. The molecule has 0 aliphatic carbocycles. The van der Waals surface area contributed by atoms with Gasteiger partial charge >= 0.3 is 6.03 Å². The third-order valence-corrected chi connectivity index (χ3v) is 1.72. The number of amides is 2. The van der Waals surface area contributed by atoms with Crippen molar-refractivity contribution in [2.45, 2.75) is 6.29 Å². The minimum Gasteiger partial charge on any atom is -0.382 e. The van der Waals surface area contributed by atoms with Crippen molar-refractivity contribution in [2.24, 2.45) is 0 Å². The van der Waals surface area contributed by atoms with Gasteiger partial charge in [-0.25, -0.2) is 4.79 Å². The fourth-order valence-electron chi connectivity index (χ4n) is 0.832. The molecule has 0 fully saturated rings. The smallest absolute Gasteiger partial charge is 0.316 e. The minimum absolute atomic E-state index is 0.139. The number of urea groups is 1. The van der Waals surface area contributed by atoms with E-state index in [0.717, 1.165) is 0 Å². The Balaban J connectivity index is 3.37. The largest absolute Gasteiger partial charge is 0.382 e. The normalized spacial score (nSPS) is 10.5. The van der Waals surface area contributed by atoms with E-state index in [2.05, 4.69) is 10.6 Å². The Hall–Kier alpha value is -0.890. The van der Waals surface area contributed by atoms with E-state index in [1.54, 1.807) is 7.11 Å². The fraction of sp³-hybridized carbons (Fsp3) is 0.889. The van der Waals surface area contributed by atoms with Gasteiger partial charge in [0.15, 0.2) is 6.29 Å². The van der Waals surface area contributed by atoms with Gasteiger partial charge in [0.05, 0.1) is 19.8 Å². The van der Waals surface area contributed by atoms with Crippen LogP contribution in [0.5, 0.6) is 0 Å². The number of carbonyl (C=O) groups is 1. The van der Waals surface area contributed by atoms with Gasteiger partial charge in [0.2, 0.25) is 0 Å². The molecule has 0 rings (SSSR count). The predicted octanol–water partition coefficient (Wildman–Crippen LogP) is -0.475. The van der Waals surface area contributed by atoms with Crippen molar-refractivity contribution < 1.29 is 23.7 Å². The number of carbonyl (C=O) groups excluding carboxylic acids is 1. The quantitative estimate of drug-likeness (QED) is 0.418. The lowest BCUT2D eigenvalue weighted by molar-refractivity contribution is -0.0972. The first-order valence-electron chi connectivity index (χ1n) is 4.88. The summed E-state index contributed by atoms with van der Waals surface area (Å²) in [5, 5.41) is 5.07. The number of hydrogen-bond donors (Lipinski definition) is 2. The highest BCUT2D eigenvalue weighted by atomic mass is 16.7.